The van der Waals surface area contributed by atoms with Gasteiger partial charge in [0.25, 0.3) is 5.78 Å². The van der Waals surface area contributed by atoms with Crippen molar-refractivity contribution in [3.05, 3.63) is 17.7 Å². The number of carbonyl (C=O) groups excluding carboxylic acids is 2. The number of anilines is 1. The molecule has 0 aromatic heterocycles. The second kappa shape index (κ2) is 6.99. The molecule has 0 bridgehead atoms. The number of methoxy groups -OCH3 is 2. The highest BCUT2D eigenvalue weighted by Crippen LogP contribution is 2.37. The molecule has 0 saturated heterocycles. The third-order valence-corrected chi connectivity index (χ3v) is 2.57. The number of hydrogen-bond acceptors (Lipinski definition) is 6. The van der Waals surface area contributed by atoms with Gasteiger partial charge in [0.15, 0.2) is 11.5 Å². The number of rotatable bonds is 5. The molecule has 0 aliphatic carbocycles. The predicted molar refractivity (Wildman–Crippen MR) is 81.4 cm³/mol. The molecule has 23 heavy (non-hydrogen) atoms. The van der Waals surface area contributed by atoms with Gasteiger partial charge in [-0.15, -0.1) is 0 Å². The Kier molecular flexibility index (Phi) is 5.56. The Hall–Kier alpha value is -2.77. The van der Waals surface area contributed by atoms with Gasteiger partial charge < -0.3 is 19.3 Å². The van der Waals surface area contributed by atoms with E-state index in [-0.39, 0.29) is 22.7 Å². The lowest BCUT2D eigenvalue weighted by molar-refractivity contribution is -0.131. The fourth-order valence-corrected chi connectivity index (χ4v) is 1.73. The minimum Gasteiger partial charge on any atom is -0.493 e. The first-order valence-corrected chi connectivity index (χ1v) is 6.62. The number of amides is 1. The van der Waals surface area contributed by atoms with E-state index in [0.717, 1.165) is 0 Å². The van der Waals surface area contributed by atoms with Gasteiger partial charge in [0.05, 0.1) is 19.9 Å². The van der Waals surface area contributed by atoms with E-state index < -0.39 is 23.4 Å². The monoisotopic (exact) mass is 325 g/mol. The molecule has 8 heteroatoms. The van der Waals surface area contributed by atoms with Crippen LogP contribution in [0, 0.1) is 0 Å². The largest absolute Gasteiger partial charge is 0.493 e. The van der Waals surface area contributed by atoms with Crippen molar-refractivity contribution in [2.24, 2.45) is 0 Å². The van der Waals surface area contributed by atoms with Crippen LogP contribution in [0.5, 0.6) is 11.5 Å². The molecular weight excluding hydrogens is 306 g/mol. The topological polar surface area (TPSA) is 111 Å². The van der Waals surface area contributed by atoms with Gasteiger partial charge in [-0.05, 0) is 32.9 Å². The summed E-state index contributed by atoms with van der Waals surface area (Å²) in [6.07, 6.45) is -0.780. The Labute approximate surface area is 133 Å². The number of carboxylic acid groups (broad SMARTS) is 1. The zero-order valence-corrected chi connectivity index (χ0v) is 13.6. The molecular formula is C15H19NO7. The van der Waals surface area contributed by atoms with Crippen molar-refractivity contribution >= 4 is 23.5 Å². The molecule has 0 aliphatic heterocycles. The summed E-state index contributed by atoms with van der Waals surface area (Å²) >= 11 is 0. The SMILES string of the molecule is COc1cc(C(=O)C(=O)O)cc(NC(=O)OC(C)(C)C)c1OC. The third kappa shape index (κ3) is 4.87. The highest BCUT2D eigenvalue weighted by atomic mass is 16.6. The number of carboxylic acids is 1. The Morgan fingerprint density at radius 3 is 2.13 bits per heavy atom. The van der Waals surface area contributed by atoms with Crippen molar-refractivity contribution in [1.82, 2.24) is 0 Å². The third-order valence-electron chi connectivity index (χ3n) is 2.57. The molecule has 0 saturated carbocycles. The van der Waals surface area contributed by atoms with Crippen LogP contribution < -0.4 is 14.8 Å². The second-order valence-electron chi connectivity index (χ2n) is 5.52. The maximum Gasteiger partial charge on any atom is 0.412 e. The number of hydrogen-bond donors (Lipinski definition) is 2. The Balaban J connectivity index is 3.27. The fraction of sp³-hybridized carbons (Fsp3) is 0.400. The van der Waals surface area contributed by atoms with Gasteiger partial charge in [0.1, 0.15) is 5.60 Å². The van der Waals surface area contributed by atoms with Gasteiger partial charge in [-0.1, -0.05) is 0 Å². The van der Waals surface area contributed by atoms with E-state index in [1.807, 2.05) is 0 Å². The molecule has 1 aromatic carbocycles. The van der Waals surface area contributed by atoms with E-state index in [4.69, 9.17) is 19.3 Å². The van der Waals surface area contributed by atoms with Crippen LogP contribution in [0.3, 0.4) is 0 Å². The lowest BCUT2D eigenvalue weighted by Gasteiger charge is -2.21. The van der Waals surface area contributed by atoms with Crippen LogP contribution in [0.15, 0.2) is 12.1 Å². The zero-order chi connectivity index (χ0) is 17.8. The molecule has 0 radical (unpaired) electrons. The van der Waals surface area contributed by atoms with E-state index >= 15 is 0 Å². The molecule has 0 heterocycles. The molecule has 0 spiro atoms. The summed E-state index contributed by atoms with van der Waals surface area (Å²) < 4.78 is 15.3. The number of aliphatic carboxylic acids is 1. The molecule has 1 amide bonds. The predicted octanol–water partition coefficient (Wildman–Crippen LogP) is 2.32. The number of ketones is 1. The van der Waals surface area contributed by atoms with E-state index in [0.29, 0.717) is 0 Å². The summed E-state index contributed by atoms with van der Waals surface area (Å²) in [5.74, 6) is -2.52. The van der Waals surface area contributed by atoms with E-state index in [1.165, 1.54) is 26.4 Å². The molecule has 1 rings (SSSR count). The average molecular weight is 325 g/mol. The lowest BCUT2D eigenvalue weighted by Crippen LogP contribution is -2.27. The molecule has 2 N–H and O–H groups in total. The van der Waals surface area contributed by atoms with Crippen molar-refractivity contribution in [1.29, 1.82) is 0 Å². The summed E-state index contributed by atoms with van der Waals surface area (Å²) in [6.45, 7) is 5.07. The van der Waals surface area contributed by atoms with Gasteiger partial charge in [-0.25, -0.2) is 9.59 Å². The van der Waals surface area contributed by atoms with Gasteiger partial charge in [0.2, 0.25) is 0 Å². The summed E-state index contributed by atoms with van der Waals surface area (Å²) in [5.41, 5.74) is -0.831. The zero-order valence-electron chi connectivity index (χ0n) is 13.6. The quantitative estimate of drug-likeness (QED) is 0.631. The van der Waals surface area contributed by atoms with E-state index in [9.17, 15) is 14.4 Å². The number of ether oxygens (including phenoxy) is 3. The van der Waals surface area contributed by atoms with E-state index in [2.05, 4.69) is 5.32 Å². The smallest absolute Gasteiger partial charge is 0.412 e. The van der Waals surface area contributed by atoms with Crippen molar-refractivity contribution in [2.45, 2.75) is 26.4 Å². The second-order valence-corrected chi connectivity index (χ2v) is 5.52. The van der Waals surface area contributed by atoms with Gasteiger partial charge in [-0.3, -0.25) is 10.1 Å². The van der Waals surface area contributed by atoms with Crippen LogP contribution in [0.25, 0.3) is 0 Å². The van der Waals surface area contributed by atoms with Crippen molar-refractivity contribution in [3.8, 4) is 11.5 Å². The molecule has 0 aliphatic rings. The molecule has 8 nitrogen and oxygen atoms in total. The standard InChI is InChI=1S/C15H19NO7/c1-15(2,3)23-14(20)16-9-6-8(11(17)13(18)19)7-10(21-4)12(9)22-5/h6-7H,1-5H3,(H,16,20)(H,18,19). The Morgan fingerprint density at radius 2 is 1.70 bits per heavy atom. The van der Waals surface area contributed by atoms with Crippen molar-refractivity contribution < 1.29 is 33.7 Å². The van der Waals surface area contributed by atoms with Crippen LogP contribution in [-0.2, 0) is 9.53 Å². The van der Waals surface area contributed by atoms with Crippen molar-refractivity contribution in [2.75, 3.05) is 19.5 Å². The Bertz CT molecular complexity index is 631. The number of benzene rings is 1. The summed E-state index contributed by atoms with van der Waals surface area (Å²) in [4.78, 5) is 34.4. The minimum absolute atomic E-state index is 0.0608. The van der Waals surface area contributed by atoms with Crippen LogP contribution in [-0.4, -0.2) is 42.8 Å². The summed E-state index contributed by atoms with van der Waals surface area (Å²) in [7, 11) is 2.67. The molecule has 0 fully saturated rings. The van der Waals surface area contributed by atoms with Gasteiger partial charge in [-0.2, -0.15) is 0 Å². The minimum atomic E-state index is -1.62. The van der Waals surface area contributed by atoms with E-state index in [1.54, 1.807) is 20.8 Å². The van der Waals surface area contributed by atoms with Crippen LogP contribution in [0.1, 0.15) is 31.1 Å². The Morgan fingerprint density at radius 1 is 1.09 bits per heavy atom. The highest BCUT2D eigenvalue weighted by Gasteiger charge is 2.23. The number of Topliss-reactive ketones (excluding diaryl/α,β-unsaturated/α-hetero) is 1. The first-order valence-electron chi connectivity index (χ1n) is 6.62. The van der Waals surface area contributed by atoms with Gasteiger partial charge >= 0.3 is 12.1 Å². The molecule has 0 atom stereocenters. The molecule has 126 valence electrons. The fourth-order valence-electron chi connectivity index (χ4n) is 1.73. The van der Waals surface area contributed by atoms with Crippen LogP contribution in [0.4, 0.5) is 10.5 Å². The average Bonchev–Trinajstić information content (AvgIpc) is 2.43. The lowest BCUT2D eigenvalue weighted by atomic mass is 10.1. The van der Waals surface area contributed by atoms with Gasteiger partial charge in [0, 0.05) is 5.56 Å². The number of carbonyl (C=O) groups is 3. The van der Waals surface area contributed by atoms with Crippen molar-refractivity contribution in [3.63, 3.8) is 0 Å². The maximum atomic E-state index is 11.9. The number of nitrogens with one attached hydrogen (secondary N) is 1. The maximum absolute atomic E-state index is 11.9. The highest BCUT2D eigenvalue weighted by molar-refractivity contribution is 6.40. The molecule has 1 aromatic rings. The summed E-state index contributed by atoms with van der Waals surface area (Å²) in [5, 5.41) is 11.2. The summed E-state index contributed by atoms with van der Waals surface area (Å²) in [6, 6.07) is 2.40. The van der Waals surface area contributed by atoms with Crippen LogP contribution >= 0.6 is 0 Å². The first-order chi connectivity index (χ1) is 10.6. The normalized spacial score (nSPS) is 10.7. The molecule has 0 unspecified atom stereocenters. The van der Waals surface area contributed by atoms with Crippen LogP contribution in [0.2, 0.25) is 0 Å². The first kappa shape index (κ1) is 18.3.